The van der Waals surface area contributed by atoms with Crippen molar-refractivity contribution in [1.82, 2.24) is 25.1 Å². The summed E-state index contributed by atoms with van der Waals surface area (Å²) in [5.74, 6) is 0.830. The van der Waals surface area contributed by atoms with E-state index in [1.807, 2.05) is 43.0 Å². The molecule has 8 nitrogen and oxygen atoms in total. The second-order valence-electron chi connectivity index (χ2n) is 7.55. The number of ether oxygens (including phenoxy) is 1. The van der Waals surface area contributed by atoms with Crippen molar-refractivity contribution >= 4 is 43.5 Å². The summed E-state index contributed by atoms with van der Waals surface area (Å²) in [6.07, 6.45) is 1.58. The van der Waals surface area contributed by atoms with Gasteiger partial charge in [-0.05, 0) is 37.1 Å². The number of thiophene rings is 1. The lowest BCUT2D eigenvalue weighted by Gasteiger charge is -2.26. The molecule has 1 fully saturated rings. The molecule has 0 bridgehead atoms. The number of amides is 1. The number of carbonyl (C=O) groups excluding carboxylic acids is 1. The molecule has 4 heterocycles. The van der Waals surface area contributed by atoms with Crippen LogP contribution in [0.5, 0.6) is 0 Å². The van der Waals surface area contributed by atoms with Gasteiger partial charge < -0.3 is 15.0 Å². The SMILES string of the molecule is Cc1nnc2sc3c(NCc4ccc(C(=O)N5CCOCC5)cc4)ncnc3c2c1C. The highest BCUT2D eigenvalue weighted by Crippen LogP contribution is 2.36. The van der Waals surface area contributed by atoms with E-state index in [1.165, 1.54) is 0 Å². The Morgan fingerprint density at radius 3 is 2.68 bits per heavy atom. The van der Waals surface area contributed by atoms with Crippen LogP contribution in [0.3, 0.4) is 0 Å². The van der Waals surface area contributed by atoms with Crippen LogP contribution in [0.1, 0.15) is 27.2 Å². The van der Waals surface area contributed by atoms with E-state index in [-0.39, 0.29) is 5.91 Å². The van der Waals surface area contributed by atoms with Gasteiger partial charge in [0.2, 0.25) is 0 Å². The van der Waals surface area contributed by atoms with Crippen LogP contribution in [0.15, 0.2) is 30.6 Å². The molecule has 1 saturated heterocycles. The third-order valence-electron chi connectivity index (χ3n) is 5.62. The van der Waals surface area contributed by atoms with Gasteiger partial charge in [-0.1, -0.05) is 12.1 Å². The number of nitrogens with zero attached hydrogens (tertiary/aromatic N) is 5. The number of nitrogens with one attached hydrogen (secondary N) is 1. The first-order valence-electron chi connectivity index (χ1n) is 10.2. The lowest BCUT2D eigenvalue weighted by molar-refractivity contribution is 0.0303. The minimum Gasteiger partial charge on any atom is -0.378 e. The maximum atomic E-state index is 12.6. The summed E-state index contributed by atoms with van der Waals surface area (Å²) in [6.45, 7) is 7.09. The van der Waals surface area contributed by atoms with Gasteiger partial charge in [0.25, 0.3) is 5.91 Å². The molecule has 0 aliphatic carbocycles. The smallest absolute Gasteiger partial charge is 0.254 e. The second kappa shape index (κ2) is 8.16. The Kier molecular flexibility index (Phi) is 5.21. The van der Waals surface area contributed by atoms with Gasteiger partial charge in [0.05, 0.1) is 29.1 Å². The van der Waals surface area contributed by atoms with E-state index in [4.69, 9.17) is 4.74 Å². The summed E-state index contributed by atoms with van der Waals surface area (Å²) in [6, 6.07) is 7.71. The summed E-state index contributed by atoms with van der Waals surface area (Å²) in [5, 5.41) is 13.0. The molecule has 9 heteroatoms. The highest BCUT2D eigenvalue weighted by atomic mass is 32.1. The zero-order chi connectivity index (χ0) is 21.4. The topological polar surface area (TPSA) is 93.1 Å². The number of rotatable bonds is 4. The van der Waals surface area contributed by atoms with E-state index in [9.17, 15) is 4.79 Å². The molecular weight excluding hydrogens is 412 g/mol. The summed E-state index contributed by atoms with van der Waals surface area (Å²) < 4.78 is 6.29. The zero-order valence-corrected chi connectivity index (χ0v) is 18.2. The van der Waals surface area contributed by atoms with Crippen molar-refractivity contribution in [3.05, 3.63) is 53.0 Å². The van der Waals surface area contributed by atoms with Crippen LogP contribution >= 0.6 is 11.3 Å². The minimum absolute atomic E-state index is 0.0531. The molecule has 1 amide bonds. The van der Waals surface area contributed by atoms with Crippen LogP contribution in [0.25, 0.3) is 20.4 Å². The Balaban J connectivity index is 1.35. The lowest BCUT2D eigenvalue weighted by Crippen LogP contribution is -2.40. The van der Waals surface area contributed by atoms with Gasteiger partial charge in [-0.15, -0.1) is 16.4 Å². The Morgan fingerprint density at radius 1 is 1.13 bits per heavy atom. The summed E-state index contributed by atoms with van der Waals surface area (Å²) >= 11 is 1.55. The zero-order valence-electron chi connectivity index (χ0n) is 17.4. The average Bonchev–Trinajstić information content (AvgIpc) is 3.20. The van der Waals surface area contributed by atoms with Crippen molar-refractivity contribution in [3.8, 4) is 0 Å². The van der Waals surface area contributed by atoms with Gasteiger partial charge in [-0.3, -0.25) is 4.79 Å². The van der Waals surface area contributed by atoms with Gasteiger partial charge in [-0.2, -0.15) is 5.10 Å². The molecule has 0 spiro atoms. The van der Waals surface area contributed by atoms with Gasteiger partial charge in [0.15, 0.2) is 0 Å². The lowest BCUT2D eigenvalue weighted by atomic mass is 10.1. The Bertz CT molecular complexity index is 1260. The molecule has 158 valence electrons. The number of benzene rings is 1. The number of anilines is 1. The van der Waals surface area contributed by atoms with Crippen LogP contribution in [-0.4, -0.2) is 57.3 Å². The van der Waals surface area contributed by atoms with E-state index in [2.05, 4.69) is 25.5 Å². The molecule has 4 aromatic rings. The molecule has 31 heavy (non-hydrogen) atoms. The third-order valence-corrected chi connectivity index (χ3v) is 6.69. The van der Waals surface area contributed by atoms with Crippen molar-refractivity contribution in [2.45, 2.75) is 20.4 Å². The fourth-order valence-electron chi connectivity index (χ4n) is 3.71. The second-order valence-corrected chi connectivity index (χ2v) is 8.55. The van der Waals surface area contributed by atoms with E-state index in [0.717, 1.165) is 43.1 Å². The Morgan fingerprint density at radius 2 is 1.90 bits per heavy atom. The monoisotopic (exact) mass is 434 g/mol. The van der Waals surface area contributed by atoms with Gasteiger partial charge in [0, 0.05) is 30.6 Å². The van der Waals surface area contributed by atoms with E-state index >= 15 is 0 Å². The fraction of sp³-hybridized carbons (Fsp3) is 0.318. The molecule has 0 saturated carbocycles. The summed E-state index contributed by atoms with van der Waals surface area (Å²) in [7, 11) is 0. The predicted octanol–water partition coefficient (Wildman–Crippen LogP) is 3.34. The van der Waals surface area contributed by atoms with Crippen molar-refractivity contribution in [2.75, 3.05) is 31.6 Å². The largest absolute Gasteiger partial charge is 0.378 e. The van der Waals surface area contributed by atoms with Crippen LogP contribution < -0.4 is 5.32 Å². The predicted molar refractivity (Wildman–Crippen MR) is 120 cm³/mol. The maximum absolute atomic E-state index is 12.6. The fourth-order valence-corrected chi connectivity index (χ4v) is 4.81. The molecule has 1 N–H and O–H groups in total. The first kappa shape index (κ1) is 19.8. The highest BCUT2D eigenvalue weighted by Gasteiger charge is 2.19. The highest BCUT2D eigenvalue weighted by molar-refractivity contribution is 7.25. The van der Waals surface area contributed by atoms with E-state index < -0.39 is 0 Å². The van der Waals surface area contributed by atoms with E-state index in [1.54, 1.807) is 17.7 Å². The molecule has 1 aromatic carbocycles. The molecule has 1 aliphatic heterocycles. The number of fused-ring (bicyclic) bond motifs is 3. The van der Waals surface area contributed by atoms with Gasteiger partial charge in [0.1, 0.15) is 17.0 Å². The number of hydrogen-bond donors (Lipinski definition) is 1. The summed E-state index contributed by atoms with van der Waals surface area (Å²) in [4.78, 5) is 24.3. The van der Waals surface area contributed by atoms with Crippen LogP contribution in [0, 0.1) is 13.8 Å². The minimum atomic E-state index is 0.0531. The molecule has 0 atom stereocenters. The number of carbonyl (C=O) groups is 1. The molecule has 5 rings (SSSR count). The van der Waals surface area contributed by atoms with Crippen LogP contribution in [-0.2, 0) is 11.3 Å². The molecule has 1 aliphatic rings. The van der Waals surface area contributed by atoms with E-state index in [0.29, 0.717) is 38.4 Å². The third kappa shape index (κ3) is 3.70. The van der Waals surface area contributed by atoms with Crippen molar-refractivity contribution < 1.29 is 9.53 Å². The molecular formula is C22H22N6O2S. The quantitative estimate of drug-likeness (QED) is 0.526. The van der Waals surface area contributed by atoms with Gasteiger partial charge in [-0.25, -0.2) is 9.97 Å². The molecule has 3 aromatic heterocycles. The normalized spacial score (nSPS) is 14.3. The summed E-state index contributed by atoms with van der Waals surface area (Å²) in [5.41, 5.74) is 4.68. The maximum Gasteiger partial charge on any atom is 0.254 e. The van der Waals surface area contributed by atoms with Crippen LogP contribution in [0.2, 0.25) is 0 Å². The molecule has 0 unspecified atom stereocenters. The number of morpholine rings is 1. The van der Waals surface area contributed by atoms with Gasteiger partial charge >= 0.3 is 0 Å². The molecule has 0 radical (unpaired) electrons. The number of aryl methyl sites for hydroxylation is 2. The average molecular weight is 435 g/mol. The number of aromatic nitrogens is 4. The Labute approximate surface area is 183 Å². The Hall–Kier alpha value is -3.17. The van der Waals surface area contributed by atoms with Crippen molar-refractivity contribution in [2.24, 2.45) is 0 Å². The first-order valence-corrected chi connectivity index (χ1v) is 11.0. The van der Waals surface area contributed by atoms with Crippen molar-refractivity contribution in [3.63, 3.8) is 0 Å². The van der Waals surface area contributed by atoms with Crippen LogP contribution in [0.4, 0.5) is 5.82 Å². The first-order chi connectivity index (χ1) is 15.1. The number of hydrogen-bond acceptors (Lipinski definition) is 8. The standard InChI is InChI=1S/C22H22N6O2S/c1-13-14(2)26-27-21-17(13)18-19(31-21)20(25-12-24-18)23-11-15-3-5-16(6-4-15)22(29)28-7-9-30-10-8-28/h3-6,12H,7-11H2,1-2H3,(H,23,24,25). The van der Waals surface area contributed by atoms with Crippen molar-refractivity contribution in [1.29, 1.82) is 0 Å².